The van der Waals surface area contributed by atoms with Crippen LogP contribution in [0, 0.1) is 5.41 Å². The maximum Gasteiger partial charge on any atom is 0.407 e. The third kappa shape index (κ3) is 4.09. The van der Waals surface area contributed by atoms with E-state index in [0.29, 0.717) is 13.1 Å². The Kier molecular flexibility index (Phi) is 5.85. The fraction of sp³-hybridized carbons (Fsp3) is 0.682. The van der Waals surface area contributed by atoms with E-state index in [1.165, 1.54) is 21.7 Å². The Morgan fingerprint density at radius 3 is 2.47 bits per heavy atom. The Bertz CT molecular complexity index is 824. The van der Waals surface area contributed by atoms with Crippen LogP contribution in [0.2, 0.25) is 0 Å². The van der Waals surface area contributed by atoms with Crippen LogP contribution < -0.4 is 9.62 Å². The van der Waals surface area contributed by atoms with Crippen molar-refractivity contribution in [3.05, 3.63) is 29.3 Å². The zero-order chi connectivity index (χ0) is 21.5. The van der Waals surface area contributed by atoms with Crippen LogP contribution >= 0.6 is 0 Å². The molecule has 1 amide bonds. The molecule has 1 aromatic carbocycles. The van der Waals surface area contributed by atoms with Gasteiger partial charge in [0.05, 0.1) is 35.0 Å². The molecule has 0 bridgehead atoms. The highest BCUT2D eigenvalue weighted by Crippen LogP contribution is 2.53. The number of likely N-dealkylation sites (tertiary alicyclic amines) is 1. The van der Waals surface area contributed by atoms with Crippen LogP contribution in [0.15, 0.2) is 18.2 Å². The molecule has 166 valence electrons. The average molecular weight is 436 g/mol. The number of amides is 1. The van der Waals surface area contributed by atoms with Crippen molar-refractivity contribution in [2.24, 2.45) is 5.41 Å². The number of ether oxygens (including phenoxy) is 1. The van der Waals surface area contributed by atoms with Gasteiger partial charge in [-0.1, -0.05) is 6.07 Å². The minimum Gasteiger partial charge on any atom is -0.465 e. The molecule has 2 saturated heterocycles. The molecule has 7 nitrogen and oxygen atoms in total. The van der Waals surface area contributed by atoms with E-state index in [2.05, 4.69) is 27.8 Å². The quantitative estimate of drug-likeness (QED) is 0.763. The molecule has 0 radical (unpaired) electrons. The summed E-state index contributed by atoms with van der Waals surface area (Å²) in [5.74, 6) is 0. The molecule has 1 aromatic rings. The Balaban J connectivity index is 1.65. The highest BCUT2D eigenvalue weighted by atomic mass is 32.2. The van der Waals surface area contributed by atoms with Crippen LogP contribution in [0.5, 0.6) is 0 Å². The summed E-state index contributed by atoms with van der Waals surface area (Å²) >= 11 is 0. The minimum atomic E-state index is -1.20. The number of morpholine rings is 1. The van der Waals surface area contributed by atoms with E-state index in [4.69, 9.17) is 4.74 Å². The molecule has 1 aliphatic carbocycles. The zero-order valence-electron chi connectivity index (χ0n) is 18.1. The van der Waals surface area contributed by atoms with Gasteiger partial charge < -0.3 is 19.6 Å². The number of hydrogen-bond donors (Lipinski definition) is 2. The Morgan fingerprint density at radius 2 is 1.87 bits per heavy atom. The molecule has 4 rings (SSSR count). The fourth-order valence-electron chi connectivity index (χ4n) is 4.92. The Morgan fingerprint density at radius 1 is 1.20 bits per heavy atom. The summed E-state index contributed by atoms with van der Waals surface area (Å²) in [6.07, 6.45) is 1.61. The number of benzene rings is 1. The van der Waals surface area contributed by atoms with Crippen LogP contribution in [-0.2, 0) is 22.1 Å². The molecule has 2 N–H and O–H groups in total. The molecule has 2 atom stereocenters. The molecule has 2 aliphatic heterocycles. The van der Waals surface area contributed by atoms with Crippen molar-refractivity contribution in [1.29, 1.82) is 0 Å². The Hall–Kier alpha value is -1.64. The minimum absolute atomic E-state index is 0.0375. The van der Waals surface area contributed by atoms with Gasteiger partial charge in [0.15, 0.2) is 0 Å². The lowest BCUT2D eigenvalue weighted by Gasteiger charge is -2.43. The topological polar surface area (TPSA) is 82.1 Å². The fourth-order valence-corrected chi connectivity index (χ4v) is 5.87. The first-order valence-corrected chi connectivity index (χ1v) is 12.0. The highest BCUT2D eigenvalue weighted by molar-refractivity contribution is 7.84. The van der Waals surface area contributed by atoms with Crippen molar-refractivity contribution in [1.82, 2.24) is 9.62 Å². The van der Waals surface area contributed by atoms with Gasteiger partial charge in [0, 0.05) is 31.9 Å². The van der Waals surface area contributed by atoms with Gasteiger partial charge in [-0.3, -0.25) is 0 Å². The van der Waals surface area contributed by atoms with Crippen LogP contribution in [0.1, 0.15) is 50.8 Å². The Labute approximate surface area is 181 Å². The molecule has 1 unspecified atom stereocenters. The number of fused-ring (bicyclic) bond motifs is 1. The summed E-state index contributed by atoms with van der Waals surface area (Å²) < 4.78 is 21.7. The molecule has 1 spiro atoms. The van der Waals surface area contributed by atoms with E-state index in [9.17, 15) is 14.1 Å². The molecule has 30 heavy (non-hydrogen) atoms. The van der Waals surface area contributed by atoms with Crippen LogP contribution in [-0.4, -0.2) is 64.4 Å². The number of piperidine rings is 1. The maximum absolute atomic E-state index is 13.1. The second-order valence-electron chi connectivity index (χ2n) is 9.72. The predicted molar refractivity (Wildman–Crippen MR) is 118 cm³/mol. The highest BCUT2D eigenvalue weighted by Gasteiger charge is 2.49. The summed E-state index contributed by atoms with van der Waals surface area (Å²) in [4.78, 5) is 15.3. The zero-order valence-corrected chi connectivity index (χ0v) is 19.0. The summed E-state index contributed by atoms with van der Waals surface area (Å²) in [5.41, 5.74) is 3.60. The average Bonchev–Trinajstić information content (AvgIpc) is 3.00. The molecule has 2 fully saturated rings. The normalized spacial score (nSPS) is 24.7. The first kappa shape index (κ1) is 21.6. The predicted octanol–water partition coefficient (Wildman–Crippen LogP) is 2.93. The lowest BCUT2D eigenvalue weighted by molar-refractivity contribution is 0.0768. The molecular formula is C22H33N3O4S. The number of anilines is 1. The molecular weight excluding hydrogens is 402 g/mol. The third-order valence-electron chi connectivity index (χ3n) is 6.78. The monoisotopic (exact) mass is 435 g/mol. The molecule has 0 aromatic heterocycles. The summed E-state index contributed by atoms with van der Waals surface area (Å²) in [5, 5.41) is 9.39. The van der Waals surface area contributed by atoms with E-state index < -0.39 is 17.1 Å². The number of nitrogens with zero attached hydrogens (tertiary/aromatic N) is 2. The number of rotatable bonds is 3. The molecule has 8 heteroatoms. The van der Waals surface area contributed by atoms with Crippen LogP contribution in [0.3, 0.4) is 0 Å². The summed E-state index contributed by atoms with van der Waals surface area (Å²) in [6.45, 7) is 10.2. The standard InChI is InChI=1S/C22H33N3O4S/c1-21(2,3)30(28)23-19-18-14-17(24-10-12-29-13-11-24)5-4-16(18)15-22(19)6-8-25(9-7-22)20(26)27/h4-5,14,19,23H,6-13,15H2,1-3H3,(H,26,27)/t19-,30?/m1/s1. The van der Waals surface area contributed by atoms with Gasteiger partial charge in [0.1, 0.15) is 0 Å². The number of carboxylic acid groups (broad SMARTS) is 1. The second-order valence-corrected chi connectivity index (χ2v) is 11.7. The van der Waals surface area contributed by atoms with Gasteiger partial charge in [0.25, 0.3) is 0 Å². The summed E-state index contributed by atoms with van der Waals surface area (Å²) in [6, 6.07) is 6.63. The SMILES string of the molecule is CC(C)(C)S(=O)N[C@@H]1c2cc(N3CCOCC3)ccc2CC12CCN(C(=O)O)CC2. The van der Waals surface area contributed by atoms with Gasteiger partial charge in [0.2, 0.25) is 0 Å². The van der Waals surface area contributed by atoms with Crippen LogP contribution in [0.25, 0.3) is 0 Å². The molecule has 3 aliphatic rings. The lowest BCUT2D eigenvalue weighted by atomic mass is 9.73. The largest absolute Gasteiger partial charge is 0.465 e. The maximum atomic E-state index is 13.1. The van der Waals surface area contributed by atoms with Crippen LogP contribution in [0.4, 0.5) is 10.5 Å². The number of hydrogen-bond acceptors (Lipinski definition) is 4. The number of nitrogens with one attached hydrogen (secondary N) is 1. The molecule has 0 saturated carbocycles. The van der Waals surface area contributed by atoms with Crippen molar-refractivity contribution >= 4 is 22.8 Å². The van der Waals surface area contributed by atoms with Crippen molar-refractivity contribution in [2.75, 3.05) is 44.3 Å². The second kappa shape index (κ2) is 8.13. The smallest absolute Gasteiger partial charge is 0.407 e. The summed E-state index contributed by atoms with van der Waals surface area (Å²) in [7, 11) is -1.20. The van der Waals surface area contributed by atoms with E-state index in [1.54, 1.807) is 0 Å². The van der Waals surface area contributed by atoms with Gasteiger partial charge in [-0.05, 0) is 68.7 Å². The van der Waals surface area contributed by atoms with Crippen molar-refractivity contribution in [3.63, 3.8) is 0 Å². The van der Waals surface area contributed by atoms with Gasteiger partial charge >= 0.3 is 6.09 Å². The van der Waals surface area contributed by atoms with Crippen molar-refractivity contribution in [3.8, 4) is 0 Å². The number of carbonyl (C=O) groups is 1. The third-order valence-corrected chi connectivity index (χ3v) is 8.34. The van der Waals surface area contributed by atoms with Gasteiger partial charge in [-0.25, -0.2) is 13.7 Å². The van der Waals surface area contributed by atoms with Crippen molar-refractivity contribution in [2.45, 2.75) is 50.8 Å². The van der Waals surface area contributed by atoms with Gasteiger partial charge in [-0.2, -0.15) is 0 Å². The van der Waals surface area contributed by atoms with E-state index >= 15 is 0 Å². The lowest BCUT2D eigenvalue weighted by Crippen LogP contribution is -2.48. The first-order chi connectivity index (χ1) is 14.2. The van der Waals surface area contributed by atoms with E-state index in [1.807, 2.05) is 20.8 Å². The van der Waals surface area contributed by atoms with Gasteiger partial charge in [-0.15, -0.1) is 0 Å². The van der Waals surface area contributed by atoms with Crippen molar-refractivity contribution < 1.29 is 18.8 Å². The molecule has 2 heterocycles. The van der Waals surface area contributed by atoms with E-state index in [-0.39, 0.29) is 16.2 Å². The first-order valence-electron chi connectivity index (χ1n) is 10.8. The van der Waals surface area contributed by atoms with E-state index in [0.717, 1.165) is 45.6 Å².